The fourth-order valence-corrected chi connectivity index (χ4v) is 2.83. The van der Waals surface area contributed by atoms with Crippen molar-refractivity contribution in [3.05, 3.63) is 53.8 Å². The zero-order valence-corrected chi connectivity index (χ0v) is 14.4. The molecule has 3 N–H and O–H groups in total. The van der Waals surface area contributed by atoms with Crippen molar-refractivity contribution in [2.45, 2.75) is 12.8 Å². The monoisotopic (exact) mass is 371 g/mol. The molecule has 0 aromatic heterocycles. The number of amides is 2. The van der Waals surface area contributed by atoms with Gasteiger partial charge in [-0.25, -0.2) is 9.18 Å². The van der Waals surface area contributed by atoms with E-state index in [0.717, 1.165) is 18.6 Å². The van der Waals surface area contributed by atoms with Gasteiger partial charge in [0.2, 0.25) is 5.91 Å². The van der Waals surface area contributed by atoms with E-state index in [1.165, 1.54) is 6.07 Å². The van der Waals surface area contributed by atoms with Gasteiger partial charge in [0.05, 0.1) is 16.9 Å². The van der Waals surface area contributed by atoms with Gasteiger partial charge in [0.1, 0.15) is 5.82 Å². The number of ether oxygens (including phenoxy) is 1. The van der Waals surface area contributed by atoms with Gasteiger partial charge in [-0.2, -0.15) is 0 Å². The molecule has 1 aliphatic heterocycles. The summed E-state index contributed by atoms with van der Waals surface area (Å²) in [6.45, 7) is 0.0441. The molecule has 7 nitrogen and oxygen atoms in total. The number of benzene rings is 2. The van der Waals surface area contributed by atoms with Crippen LogP contribution in [0.4, 0.5) is 21.5 Å². The maximum absolute atomic E-state index is 13.0. The van der Waals surface area contributed by atoms with E-state index in [4.69, 9.17) is 10.5 Å². The standard InChI is InChI=1S/C19H18FN3O4/c20-12-7-8-13(14(21)10-12)19(26)27-11-17(24)22-15-4-1-2-5-16(15)23-9-3-6-18(23)25/h1-2,4-5,7-8,10H,3,6,9,11,21H2,(H,22,24). The molecule has 1 aliphatic rings. The van der Waals surface area contributed by atoms with Gasteiger partial charge in [-0.05, 0) is 36.8 Å². The van der Waals surface area contributed by atoms with Crippen LogP contribution in [-0.4, -0.2) is 30.9 Å². The minimum absolute atomic E-state index is 0.00471. The highest BCUT2D eigenvalue weighted by molar-refractivity contribution is 6.03. The average Bonchev–Trinajstić information content (AvgIpc) is 3.06. The molecule has 2 aromatic carbocycles. The summed E-state index contributed by atoms with van der Waals surface area (Å²) in [6.07, 6.45) is 1.23. The van der Waals surface area contributed by atoms with Crippen molar-refractivity contribution in [3.8, 4) is 0 Å². The Hall–Kier alpha value is -3.42. The van der Waals surface area contributed by atoms with E-state index in [2.05, 4.69) is 5.32 Å². The summed E-state index contributed by atoms with van der Waals surface area (Å²) in [6, 6.07) is 10.2. The summed E-state index contributed by atoms with van der Waals surface area (Å²) >= 11 is 0. The fraction of sp³-hybridized carbons (Fsp3) is 0.211. The third-order valence-corrected chi connectivity index (χ3v) is 4.11. The maximum atomic E-state index is 13.0. The van der Waals surface area contributed by atoms with Crippen LogP contribution in [0.5, 0.6) is 0 Å². The average molecular weight is 371 g/mol. The quantitative estimate of drug-likeness (QED) is 0.620. The zero-order chi connectivity index (χ0) is 19.4. The molecular weight excluding hydrogens is 353 g/mol. The molecule has 0 spiro atoms. The lowest BCUT2D eigenvalue weighted by molar-refractivity contribution is -0.119. The number of hydrogen-bond donors (Lipinski definition) is 2. The highest BCUT2D eigenvalue weighted by Crippen LogP contribution is 2.29. The number of carbonyl (C=O) groups excluding carboxylic acids is 3. The molecule has 2 aromatic rings. The number of anilines is 3. The first-order chi connectivity index (χ1) is 13.0. The van der Waals surface area contributed by atoms with Crippen LogP contribution in [-0.2, 0) is 14.3 Å². The van der Waals surface area contributed by atoms with E-state index in [1.54, 1.807) is 29.2 Å². The van der Waals surface area contributed by atoms with Crippen LogP contribution in [0, 0.1) is 5.82 Å². The van der Waals surface area contributed by atoms with Gasteiger partial charge in [0.25, 0.3) is 5.91 Å². The van der Waals surface area contributed by atoms with Gasteiger partial charge < -0.3 is 20.7 Å². The van der Waals surface area contributed by atoms with E-state index in [-0.39, 0.29) is 17.2 Å². The highest BCUT2D eigenvalue weighted by Gasteiger charge is 2.24. The van der Waals surface area contributed by atoms with Gasteiger partial charge in [-0.1, -0.05) is 12.1 Å². The third-order valence-electron chi connectivity index (χ3n) is 4.11. The zero-order valence-electron chi connectivity index (χ0n) is 14.4. The van der Waals surface area contributed by atoms with Crippen LogP contribution in [0.15, 0.2) is 42.5 Å². The molecule has 140 valence electrons. The lowest BCUT2D eigenvalue weighted by Crippen LogP contribution is -2.27. The second-order valence-corrected chi connectivity index (χ2v) is 6.02. The van der Waals surface area contributed by atoms with Gasteiger partial charge in [0.15, 0.2) is 6.61 Å². The Balaban J connectivity index is 1.63. The number of nitrogens with one attached hydrogen (secondary N) is 1. The van der Waals surface area contributed by atoms with Crippen LogP contribution in [0.25, 0.3) is 0 Å². The predicted molar refractivity (Wildman–Crippen MR) is 97.8 cm³/mol. The molecule has 0 bridgehead atoms. The molecule has 1 heterocycles. The predicted octanol–water partition coefficient (Wildman–Crippen LogP) is 2.33. The molecule has 27 heavy (non-hydrogen) atoms. The van der Waals surface area contributed by atoms with Crippen molar-refractivity contribution in [1.29, 1.82) is 0 Å². The molecule has 0 unspecified atom stereocenters. The molecule has 8 heteroatoms. The van der Waals surface area contributed by atoms with Crippen molar-refractivity contribution in [1.82, 2.24) is 0 Å². The maximum Gasteiger partial charge on any atom is 0.340 e. The second kappa shape index (κ2) is 7.86. The molecule has 3 rings (SSSR count). The normalized spacial score (nSPS) is 13.5. The minimum atomic E-state index is -0.828. The van der Waals surface area contributed by atoms with Crippen molar-refractivity contribution in [2.75, 3.05) is 29.1 Å². The number of halogens is 1. The lowest BCUT2D eigenvalue weighted by Gasteiger charge is -2.19. The Morgan fingerprint density at radius 2 is 2.00 bits per heavy atom. The Labute approximate surface area is 154 Å². The summed E-state index contributed by atoms with van der Waals surface area (Å²) in [5.41, 5.74) is 6.54. The topological polar surface area (TPSA) is 102 Å². The molecule has 0 radical (unpaired) electrons. The van der Waals surface area contributed by atoms with E-state index in [9.17, 15) is 18.8 Å². The summed E-state index contributed by atoms with van der Waals surface area (Å²) in [5.74, 6) is -1.97. The lowest BCUT2D eigenvalue weighted by atomic mass is 10.2. The van der Waals surface area contributed by atoms with Gasteiger partial charge in [0, 0.05) is 18.7 Å². The Morgan fingerprint density at radius 1 is 1.22 bits per heavy atom. The fourth-order valence-electron chi connectivity index (χ4n) is 2.83. The van der Waals surface area contributed by atoms with Crippen LogP contribution in [0.3, 0.4) is 0 Å². The number of nitrogen functional groups attached to an aromatic ring is 1. The minimum Gasteiger partial charge on any atom is -0.452 e. The first-order valence-electron chi connectivity index (χ1n) is 8.37. The number of rotatable bonds is 5. The second-order valence-electron chi connectivity index (χ2n) is 6.02. The number of nitrogens with zero attached hydrogens (tertiary/aromatic N) is 1. The first-order valence-corrected chi connectivity index (χ1v) is 8.37. The summed E-state index contributed by atoms with van der Waals surface area (Å²) in [4.78, 5) is 37.7. The molecule has 1 saturated heterocycles. The van der Waals surface area contributed by atoms with Crippen LogP contribution in [0.2, 0.25) is 0 Å². The molecule has 0 saturated carbocycles. The summed E-state index contributed by atoms with van der Waals surface area (Å²) < 4.78 is 18.0. The van der Waals surface area contributed by atoms with E-state index in [0.29, 0.717) is 24.3 Å². The van der Waals surface area contributed by atoms with Crippen molar-refractivity contribution < 1.29 is 23.5 Å². The number of hydrogen-bond acceptors (Lipinski definition) is 5. The van der Waals surface area contributed by atoms with E-state index >= 15 is 0 Å². The largest absolute Gasteiger partial charge is 0.452 e. The summed E-state index contributed by atoms with van der Waals surface area (Å²) in [7, 11) is 0. The molecule has 1 fully saturated rings. The Kier molecular flexibility index (Phi) is 5.35. The Morgan fingerprint density at radius 3 is 2.70 bits per heavy atom. The van der Waals surface area contributed by atoms with Crippen LogP contribution < -0.4 is 16.0 Å². The van der Waals surface area contributed by atoms with Gasteiger partial charge in [-0.15, -0.1) is 0 Å². The van der Waals surface area contributed by atoms with Crippen molar-refractivity contribution in [3.63, 3.8) is 0 Å². The number of esters is 1. The van der Waals surface area contributed by atoms with Crippen LogP contribution >= 0.6 is 0 Å². The SMILES string of the molecule is Nc1cc(F)ccc1C(=O)OCC(=O)Nc1ccccc1N1CCCC1=O. The van der Waals surface area contributed by atoms with Gasteiger partial charge in [-0.3, -0.25) is 9.59 Å². The molecule has 2 amide bonds. The smallest absolute Gasteiger partial charge is 0.340 e. The van der Waals surface area contributed by atoms with Crippen molar-refractivity contribution in [2.24, 2.45) is 0 Å². The van der Waals surface area contributed by atoms with Gasteiger partial charge >= 0.3 is 5.97 Å². The van der Waals surface area contributed by atoms with E-state index in [1.807, 2.05) is 0 Å². The van der Waals surface area contributed by atoms with E-state index < -0.39 is 24.3 Å². The Bertz CT molecular complexity index is 900. The van der Waals surface area contributed by atoms with Crippen LogP contribution in [0.1, 0.15) is 23.2 Å². The summed E-state index contributed by atoms with van der Waals surface area (Å²) in [5, 5.41) is 2.64. The third kappa shape index (κ3) is 4.22. The highest BCUT2D eigenvalue weighted by atomic mass is 19.1. The first kappa shape index (κ1) is 18.4. The number of carbonyl (C=O) groups is 3. The molecule has 0 aliphatic carbocycles. The van der Waals surface area contributed by atoms with Crippen molar-refractivity contribution >= 4 is 34.8 Å². The molecular formula is C19H18FN3O4. The molecule has 0 atom stereocenters. The number of para-hydroxylation sites is 2. The number of nitrogens with two attached hydrogens (primary N) is 1.